The molecule has 0 fully saturated rings. The fraction of sp³-hybridized carbons (Fsp3) is 0.417. The van der Waals surface area contributed by atoms with Crippen LogP contribution in [0.25, 0.3) is 0 Å². The third kappa shape index (κ3) is 2.73. The molecule has 0 aliphatic carbocycles. The van der Waals surface area contributed by atoms with Gasteiger partial charge in [-0.05, 0) is 38.1 Å². The Morgan fingerprint density at radius 2 is 2.00 bits per heavy atom. The second-order valence-electron chi connectivity index (χ2n) is 3.97. The van der Waals surface area contributed by atoms with E-state index in [4.69, 9.17) is 10.5 Å². The second kappa shape index (κ2) is 4.99. The van der Waals surface area contributed by atoms with Crippen LogP contribution in [0.4, 0.5) is 0 Å². The molecule has 16 heavy (non-hydrogen) atoms. The van der Waals surface area contributed by atoms with Crippen molar-refractivity contribution in [1.29, 1.82) is 0 Å². The number of likely N-dealkylation sites (N-methyl/N-ethyl adjacent to an activating group) is 1. The van der Waals surface area contributed by atoms with E-state index in [1.807, 2.05) is 24.3 Å². The second-order valence-corrected chi connectivity index (χ2v) is 3.97. The summed E-state index contributed by atoms with van der Waals surface area (Å²) in [6, 6.07) is 7.59. The van der Waals surface area contributed by atoms with Crippen LogP contribution in [0.15, 0.2) is 24.3 Å². The molecule has 0 saturated carbocycles. The summed E-state index contributed by atoms with van der Waals surface area (Å²) in [7, 11) is 3.35. The van der Waals surface area contributed by atoms with E-state index in [2.05, 4.69) is 5.32 Å². The number of nitrogens with one attached hydrogen (secondary N) is 1. The summed E-state index contributed by atoms with van der Waals surface area (Å²) in [6.07, 6.45) is 0.558. The van der Waals surface area contributed by atoms with Crippen molar-refractivity contribution in [3.8, 4) is 5.75 Å². The molecule has 88 valence electrons. The molecular weight excluding hydrogens is 204 g/mol. The third-order valence-corrected chi connectivity index (χ3v) is 2.81. The number of hydrogen-bond donors (Lipinski definition) is 2. The Morgan fingerprint density at radius 3 is 2.38 bits per heavy atom. The van der Waals surface area contributed by atoms with Gasteiger partial charge in [0.1, 0.15) is 5.75 Å². The van der Waals surface area contributed by atoms with E-state index >= 15 is 0 Å². The van der Waals surface area contributed by atoms with Crippen LogP contribution in [0.3, 0.4) is 0 Å². The first-order valence-electron chi connectivity index (χ1n) is 5.13. The van der Waals surface area contributed by atoms with E-state index in [1.54, 1.807) is 21.1 Å². The number of carbonyl (C=O) groups is 1. The Morgan fingerprint density at radius 1 is 1.44 bits per heavy atom. The maximum absolute atomic E-state index is 11.3. The van der Waals surface area contributed by atoms with Gasteiger partial charge in [0.05, 0.1) is 12.6 Å². The summed E-state index contributed by atoms with van der Waals surface area (Å²) in [5, 5.41) is 2.95. The van der Waals surface area contributed by atoms with E-state index in [1.165, 1.54) is 0 Å². The van der Waals surface area contributed by atoms with Crippen LogP contribution in [0, 0.1) is 0 Å². The van der Waals surface area contributed by atoms with Crippen LogP contribution in [0.1, 0.15) is 12.5 Å². The Bertz CT molecular complexity index is 362. The van der Waals surface area contributed by atoms with Gasteiger partial charge in [-0.2, -0.15) is 0 Å². The first-order valence-corrected chi connectivity index (χ1v) is 5.13. The minimum atomic E-state index is -0.714. The number of primary amides is 1. The summed E-state index contributed by atoms with van der Waals surface area (Å²) in [6.45, 7) is 1.79. The lowest BCUT2D eigenvalue weighted by molar-refractivity contribution is -0.123. The van der Waals surface area contributed by atoms with Crippen LogP contribution in [-0.2, 0) is 11.2 Å². The lowest BCUT2D eigenvalue weighted by atomic mass is 9.92. The summed E-state index contributed by atoms with van der Waals surface area (Å²) >= 11 is 0. The van der Waals surface area contributed by atoms with Crippen molar-refractivity contribution in [2.45, 2.75) is 18.9 Å². The molecule has 1 aromatic carbocycles. The van der Waals surface area contributed by atoms with E-state index in [-0.39, 0.29) is 5.91 Å². The summed E-state index contributed by atoms with van der Waals surface area (Å²) in [5.74, 6) is 0.444. The topological polar surface area (TPSA) is 64.3 Å². The van der Waals surface area contributed by atoms with Crippen molar-refractivity contribution in [3.63, 3.8) is 0 Å². The number of nitrogens with two attached hydrogens (primary N) is 1. The maximum atomic E-state index is 11.3. The highest BCUT2D eigenvalue weighted by atomic mass is 16.5. The first kappa shape index (κ1) is 12.5. The monoisotopic (exact) mass is 222 g/mol. The molecule has 0 saturated heterocycles. The lowest BCUT2D eigenvalue weighted by Gasteiger charge is -2.25. The molecule has 4 nitrogen and oxygen atoms in total. The largest absolute Gasteiger partial charge is 0.497 e. The predicted octanol–water partition coefficient (Wildman–Crippen LogP) is 0.701. The number of benzene rings is 1. The molecule has 0 spiro atoms. The maximum Gasteiger partial charge on any atom is 0.237 e. The Hall–Kier alpha value is -1.55. The average molecular weight is 222 g/mol. The minimum Gasteiger partial charge on any atom is -0.497 e. The number of amides is 1. The first-order chi connectivity index (χ1) is 7.51. The standard InChI is InChI=1S/C12H18N2O2/c1-12(14-2,11(13)15)8-9-4-6-10(16-3)7-5-9/h4-7,14H,8H2,1-3H3,(H2,13,15)/t12-/m0/s1. The van der Waals surface area contributed by atoms with Gasteiger partial charge in [-0.25, -0.2) is 0 Å². The fourth-order valence-electron chi connectivity index (χ4n) is 1.45. The van der Waals surface area contributed by atoms with Crippen molar-refractivity contribution in [1.82, 2.24) is 5.32 Å². The molecule has 0 bridgehead atoms. The van der Waals surface area contributed by atoms with E-state index in [0.717, 1.165) is 11.3 Å². The van der Waals surface area contributed by atoms with Crippen LogP contribution < -0.4 is 15.8 Å². The van der Waals surface area contributed by atoms with Gasteiger partial charge < -0.3 is 15.8 Å². The lowest BCUT2D eigenvalue weighted by Crippen LogP contribution is -2.53. The molecule has 4 heteroatoms. The molecular formula is C12H18N2O2. The molecule has 0 heterocycles. The van der Waals surface area contributed by atoms with Crippen molar-refractivity contribution in [3.05, 3.63) is 29.8 Å². The number of methoxy groups -OCH3 is 1. The average Bonchev–Trinajstić information content (AvgIpc) is 2.29. The zero-order chi connectivity index (χ0) is 12.2. The van der Waals surface area contributed by atoms with Crippen molar-refractivity contribution in [2.75, 3.05) is 14.2 Å². The molecule has 0 radical (unpaired) electrons. The molecule has 1 rings (SSSR count). The summed E-state index contributed by atoms with van der Waals surface area (Å²) in [5.41, 5.74) is 5.68. The highest BCUT2D eigenvalue weighted by Gasteiger charge is 2.28. The molecule has 0 unspecified atom stereocenters. The SMILES string of the molecule is CN[C@@](C)(Cc1ccc(OC)cc1)C(N)=O. The predicted molar refractivity (Wildman–Crippen MR) is 63.4 cm³/mol. The van der Waals surface area contributed by atoms with Crippen molar-refractivity contribution in [2.24, 2.45) is 5.73 Å². The van der Waals surface area contributed by atoms with Gasteiger partial charge in [-0.1, -0.05) is 12.1 Å². The molecule has 1 atom stereocenters. The highest BCUT2D eigenvalue weighted by molar-refractivity contribution is 5.84. The Balaban J connectivity index is 2.82. The van der Waals surface area contributed by atoms with Gasteiger partial charge in [0.25, 0.3) is 0 Å². The molecule has 0 aromatic heterocycles. The fourth-order valence-corrected chi connectivity index (χ4v) is 1.45. The molecule has 0 aliphatic rings. The molecule has 1 aromatic rings. The number of ether oxygens (including phenoxy) is 1. The minimum absolute atomic E-state index is 0.356. The highest BCUT2D eigenvalue weighted by Crippen LogP contribution is 2.16. The van der Waals surface area contributed by atoms with E-state index in [0.29, 0.717) is 6.42 Å². The van der Waals surface area contributed by atoms with Crippen LogP contribution in [0.2, 0.25) is 0 Å². The van der Waals surface area contributed by atoms with Crippen LogP contribution in [0.5, 0.6) is 5.75 Å². The molecule has 1 amide bonds. The van der Waals surface area contributed by atoms with Gasteiger partial charge in [-0.15, -0.1) is 0 Å². The summed E-state index contributed by atoms with van der Waals surface area (Å²) in [4.78, 5) is 11.3. The van der Waals surface area contributed by atoms with Gasteiger partial charge in [-0.3, -0.25) is 4.79 Å². The Kier molecular flexibility index (Phi) is 3.90. The number of hydrogen-bond acceptors (Lipinski definition) is 3. The van der Waals surface area contributed by atoms with E-state index < -0.39 is 5.54 Å². The van der Waals surface area contributed by atoms with Crippen LogP contribution >= 0.6 is 0 Å². The zero-order valence-corrected chi connectivity index (χ0v) is 9.91. The smallest absolute Gasteiger partial charge is 0.237 e. The van der Waals surface area contributed by atoms with E-state index in [9.17, 15) is 4.79 Å². The van der Waals surface area contributed by atoms with Gasteiger partial charge >= 0.3 is 0 Å². The van der Waals surface area contributed by atoms with Crippen molar-refractivity contribution >= 4 is 5.91 Å². The van der Waals surface area contributed by atoms with Crippen molar-refractivity contribution < 1.29 is 9.53 Å². The normalized spacial score (nSPS) is 14.2. The quantitative estimate of drug-likeness (QED) is 0.771. The number of carbonyl (C=O) groups excluding carboxylic acids is 1. The molecule has 3 N–H and O–H groups in total. The summed E-state index contributed by atoms with van der Waals surface area (Å²) < 4.78 is 5.07. The van der Waals surface area contributed by atoms with Gasteiger partial charge in [0.2, 0.25) is 5.91 Å². The molecule has 0 aliphatic heterocycles. The third-order valence-electron chi connectivity index (χ3n) is 2.81. The van der Waals surface area contributed by atoms with Gasteiger partial charge in [0.15, 0.2) is 0 Å². The zero-order valence-electron chi connectivity index (χ0n) is 9.91. The Labute approximate surface area is 95.8 Å². The number of rotatable bonds is 5. The van der Waals surface area contributed by atoms with Gasteiger partial charge in [0, 0.05) is 0 Å². The van der Waals surface area contributed by atoms with Crippen LogP contribution in [-0.4, -0.2) is 25.6 Å².